The van der Waals surface area contributed by atoms with Gasteiger partial charge in [-0.15, -0.1) is 0 Å². The van der Waals surface area contributed by atoms with Gasteiger partial charge in [0.05, 0.1) is 4.47 Å². The molecule has 0 amide bonds. The van der Waals surface area contributed by atoms with Crippen LogP contribution >= 0.6 is 15.9 Å². The number of pyridine rings is 1. The molecule has 4 nitrogen and oxygen atoms in total. The summed E-state index contributed by atoms with van der Waals surface area (Å²) in [5.74, 6) is 1.05. The Balaban J connectivity index is 2.04. The van der Waals surface area contributed by atoms with Gasteiger partial charge in [-0.1, -0.05) is 0 Å². The van der Waals surface area contributed by atoms with Crippen molar-refractivity contribution in [1.29, 1.82) is 0 Å². The molecule has 1 fully saturated rings. The molecule has 2 heterocycles. The molecule has 1 aliphatic rings. The molecule has 0 unspecified atom stereocenters. The third-order valence-electron chi connectivity index (χ3n) is 3.89. The van der Waals surface area contributed by atoms with Gasteiger partial charge in [0.2, 0.25) is 0 Å². The lowest BCUT2D eigenvalue weighted by Crippen LogP contribution is -2.57. The van der Waals surface area contributed by atoms with E-state index in [0.29, 0.717) is 6.54 Å². The van der Waals surface area contributed by atoms with E-state index in [-0.39, 0.29) is 5.54 Å². The summed E-state index contributed by atoms with van der Waals surface area (Å²) >= 11 is 3.61. The van der Waals surface area contributed by atoms with Crippen LogP contribution in [0.2, 0.25) is 0 Å². The van der Waals surface area contributed by atoms with Crippen molar-refractivity contribution < 1.29 is 0 Å². The van der Waals surface area contributed by atoms with Gasteiger partial charge < -0.3 is 10.6 Å². The Labute approximate surface area is 124 Å². The van der Waals surface area contributed by atoms with Gasteiger partial charge in [-0.05, 0) is 48.3 Å². The molecule has 2 rings (SSSR count). The van der Waals surface area contributed by atoms with Crippen LogP contribution in [-0.2, 0) is 0 Å². The zero-order chi connectivity index (χ0) is 14.0. The minimum atomic E-state index is 0.0873. The fourth-order valence-corrected chi connectivity index (χ4v) is 3.13. The van der Waals surface area contributed by atoms with Crippen molar-refractivity contribution in [3.8, 4) is 0 Å². The molecule has 0 atom stereocenters. The van der Waals surface area contributed by atoms with Crippen molar-refractivity contribution in [2.75, 3.05) is 37.6 Å². The molecule has 0 aromatic carbocycles. The third kappa shape index (κ3) is 3.27. The number of piperazine rings is 1. The number of aromatic nitrogens is 1. The predicted octanol–water partition coefficient (Wildman–Crippen LogP) is 2.01. The first-order chi connectivity index (χ1) is 8.94. The SMILES string of the molecule is Cc1cnc(N2CCN(C(C)(C)CN)CC2)c(Br)c1. The minimum Gasteiger partial charge on any atom is -0.353 e. The fraction of sp³-hybridized carbons (Fsp3) is 0.643. The van der Waals surface area contributed by atoms with Gasteiger partial charge in [0.15, 0.2) is 0 Å². The second-order valence-corrected chi connectivity index (χ2v) is 6.66. The molecule has 0 aliphatic carbocycles. The van der Waals surface area contributed by atoms with Crippen molar-refractivity contribution in [2.45, 2.75) is 26.3 Å². The molecule has 0 spiro atoms. The number of nitrogens with zero attached hydrogens (tertiary/aromatic N) is 3. The van der Waals surface area contributed by atoms with Crippen molar-refractivity contribution in [3.05, 3.63) is 22.3 Å². The maximum atomic E-state index is 5.85. The highest BCUT2D eigenvalue weighted by atomic mass is 79.9. The topological polar surface area (TPSA) is 45.4 Å². The average Bonchev–Trinajstić information content (AvgIpc) is 2.39. The lowest BCUT2D eigenvalue weighted by Gasteiger charge is -2.44. The zero-order valence-corrected chi connectivity index (χ0v) is 13.6. The van der Waals surface area contributed by atoms with Crippen molar-refractivity contribution in [3.63, 3.8) is 0 Å². The molecule has 1 saturated heterocycles. The van der Waals surface area contributed by atoms with E-state index in [2.05, 4.69) is 57.6 Å². The lowest BCUT2D eigenvalue weighted by molar-refractivity contribution is 0.119. The minimum absolute atomic E-state index is 0.0873. The molecular weight excluding hydrogens is 304 g/mol. The normalized spacial score (nSPS) is 17.8. The Morgan fingerprint density at radius 3 is 2.47 bits per heavy atom. The van der Waals surface area contributed by atoms with Gasteiger partial charge in [0.25, 0.3) is 0 Å². The van der Waals surface area contributed by atoms with E-state index in [1.807, 2.05) is 6.20 Å². The van der Waals surface area contributed by atoms with E-state index < -0.39 is 0 Å². The smallest absolute Gasteiger partial charge is 0.142 e. The van der Waals surface area contributed by atoms with Crippen LogP contribution in [0.4, 0.5) is 5.82 Å². The van der Waals surface area contributed by atoms with E-state index in [4.69, 9.17) is 5.73 Å². The number of aryl methyl sites for hydroxylation is 1. The number of anilines is 1. The molecule has 1 aromatic heterocycles. The highest BCUT2D eigenvalue weighted by molar-refractivity contribution is 9.10. The van der Waals surface area contributed by atoms with E-state index in [0.717, 1.165) is 36.5 Å². The standard InChI is InChI=1S/C14H23BrN4/c1-11-8-12(15)13(17-9-11)18-4-6-19(7-5-18)14(2,3)10-16/h8-9H,4-7,10,16H2,1-3H3. The molecular formula is C14H23BrN4. The Morgan fingerprint density at radius 1 is 1.32 bits per heavy atom. The van der Waals surface area contributed by atoms with Crippen LogP contribution in [0, 0.1) is 6.92 Å². The molecule has 5 heteroatoms. The monoisotopic (exact) mass is 326 g/mol. The number of hydrogen-bond donors (Lipinski definition) is 1. The molecule has 0 saturated carbocycles. The summed E-state index contributed by atoms with van der Waals surface area (Å²) in [5, 5.41) is 0. The third-order valence-corrected chi connectivity index (χ3v) is 4.48. The zero-order valence-electron chi connectivity index (χ0n) is 12.0. The first-order valence-corrected chi connectivity index (χ1v) is 7.55. The molecule has 0 radical (unpaired) electrons. The Hall–Kier alpha value is -0.650. The van der Waals surface area contributed by atoms with E-state index in [1.54, 1.807) is 0 Å². The average molecular weight is 327 g/mol. The van der Waals surface area contributed by atoms with Gasteiger partial charge in [-0.25, -0.2) is 4.98 Å². The number of halogens is 1. The number of nitrogens with two attached hydrogens (primary N) is 1. The highest BCUT2D eigenvalue weighted by Crippen LogP contribution is 2.26. The van der Waals surface area contributed by atoms with E-state index in [1.165, 1.54) is 5.56 Å². The van der Waals surface area contributed by atoms with Gasteiger partial charge in [0, 0.05) is 44.5 Å². The highest BCUT2D eigenvalue weighted by Gasteiger charge is 2.29. The molecule has 1 aliphatic heterocycles. The summed E-state index contributed by atoms with van der Waals surface area (Å²) in [5.41, 5.74) is 7.12. The largest absolute Gasteiger partial charge is 0.353 e. The first-order valence-electron chi connectivity index (χ1n) is 6.76. The van der Waals surface area contributed by atoms with Crippen LogP contribution in [-0.4, -0.2) is 48.1 Å². The number of hydrogen-bond acceptors (Lipinski definition) is 4. The molecule has 106 valence electrons. The van der Waals surface area contributed by atoms with Crippen LogP contribution in [0.3, 0.4) is 0 Å². The first kappa shape index (κ1) is 14.8. The lowest BCUT2D eigenvalue weighted by atomic mass is 10.0. The van der Waals surface area contributed by atoms with Crippen LogP contribution in [0.1, 0.15) is 19.4 Å². The Bertz CT molecular complexity index is 439. The van der Waals surface area contributed by atoms with E-state index >= 15 is 0 Å². The second kappa shape index (κ2) is 5.77. The number of rotatable bonds is 3. The fourth-order valence-electron chi connectivity index (χ4n) is 2.41. The summed E-state index contributed by atoms with van der Waals surface area (Å²) < 4.78 is 1.08. The summed E-state index contributed by atoms with van der Waals surface area (Å²) in [6.45, 7) is 11.2. The van der Waals surface area contributed by atoms with Crippen molar-refractivity contribution in [2.24, 2.45) is 5.73 Å². The maximum Gasteiger partial charge on any atom is 0.142 e. The van der Waals surface area contributed by atoms with Gasteiger partial charge >= 0.3 is 0 Å². The summed E-state index contributed by atoms with van der Waals surface area (Å²) in [7, 11) is 0. The predicted molar refractivity (Wildman–Crippen MR) is 83.6 cm³/mol. The summed E-state index contributed by atoms with van der Waals surface area (Å²) in [6.07, 6.45) is 1.93. The quantitative estimate of drug-likeness (QED) is 0.922. The molecule has 0 bridgehead atoms. The van der Waals surface area contributed by atoms with E-state index in [9.17, 15) is 0 Å². The Morgan fingerprint density at radius 2 is 1.95 bits per heavy atom. The molecule has 2 N–H and O–H groups in total. The van der Waals surface area contributed by atoms with Crippen LogP contribution < -0.4 is 10.6 Å². The van der Waals surface area contributed by atoms with Gasteiger partial charge in [-0.2, -0.15) is 0 Å². The van der Waals surface area contributed by atoms with Gasteiger partial charge in [0.1, 0.15) is 5.82 Å². The summed E-state index contributed by atoms with van der Waals surface area (Å²) in [6, 6.07) is 2.12. The van der Waals surface area contributed by atoms with Crippen LogP contribution in [0.5, 0.6) is 0 Å². The van der Waals surface area contributed by atoms with Crippen LogP contribution in [0.25, 0.3) is 0 Å². The van der Waals surface area contributed by atoms with Crippen molar-refractivity contribution >= 4 is 21.7 Å². The second-order valence-electron chi connectivity index (χ2n) is 5.81. The molecule has 1 aromatic rings. The maximum absolute atomic E-state index is 5.85. The molecule has 19 heavy (non-hydrogen) atoms. The Kier molecular flexibility index (Phi) is 4.48. The van der Waals surface area contributed by atoms with Crippen molar-refractivity contribution in [1.82, 2.24) is 9.88 Å². The van der Waals surface area contributed by atoms with Crippen LogP contribution in [0.15, 0.2) is 16.7 Å². The van der Waals surface area contributed by atoms with Gasteiger partial charge in [-0.3, -0.25) is 4.90 Å². The summed E-state index contributed by atoms with van der Waals surface area (Å²) in [4.78, 5) is 9.35.